The summed E-state index contributed by atoms with van der Waals surface area (Å²) in [6.07, 6.45) is 4.78. The van der Waals surface area contributed by atoms with E-state index in [9.17, 15) is 0 Å². The Balaban J connectivity index is 1.76. The summed E-state index contributed by atoms with van der Waals surface area (Å²) in [6.45, 7) is 0. The molecule has 0 fully saturated rings. The molecule has 2 N–H and O–H groups in total. The highest BCUT2D eigenvalue weighted by Crippen LogP contribution is 2.37. The minimum absolute atomic E-state index is 0.251. The van der Waals surface area contributed by atoms with Gasteiger partial charge in [0.2, 0.25) is 0 Å². The first kappa shape index (κ1) is 11.9. The Labute approximate surface area is 113 Å². The van der Waals surface area contributed by atoms with Crippen LogP contribution in [0.1, 0.15) is 34.8 Å². The van der Waals surface area contributed by atoms with Crippen molar-refractivity contribution in [3.05, 3.63) is 57.8 Å². The molecule has 3 rings (SSSR count). The third-order valence-corrected chi connectivity index (χ3v) is 4.93. The molecular formula is C16H19NS. The lowest BCUT2D eigenvalue weighted by molar-refractivity contribution is 0.464. The Morgan fingerprint density at radius 3 is 2.89 bits per heavy atom. The zero-order valence-electron chi connectivity index (χ0n) is 10.5. The number of benzene rings is 1. The van der Waals surface area contributed by atoms with Gasteiger partial charge in [-0.25, -0.2) is 0 Å². The fourth-order valence-corrected chi connectivity index (χ4v) is 3.99. The van der Waals surface area contributed by atoms with Gasteiger partial charge in [-0.3, -0.25) is 0 Å². The summed E-state index contributed by atoms with van der Waals surface area (Å²) in [5.74, 6) is 0.556. The van der Waals surface area contributed by atoms with Crippen LogP contribution in [0, 0.1) is 0 Å². The van der Waals surface area contributed by atoms with Crippen LogP contribution >= 0.6 is 11.3 Å². The molecule has 0 radical (unpaired) electrons. The van der Waals surface area contributed by atoms with Crippen LogP contribution in [0.15, 0.2) is 41.8 Å². The molecule has 0 saturated heterocycles. The minimum atomic E-state index is 0.251. The van der Waals surface area contributed by atoms with Crippen molar-refractivity contribution >= 4 is 11.3 Å². The van der Waals surface area contributed by atoms with Crippen molar-refractivity contribution in [1.29, 1.82) is 0 Å². The second kappa shape index (κ2) is 5.25. The van der Waals surface area contributed by atoms with Crippen LogP contribution in [-0.2, 0) is 12.8 Å². The maximum absolute atomic E-state index is 6.46. The summed E-state index contributed by atoms with van der Waals surface area (Å²) >= 11 is 1.90. The van der Waals surface area contributed by atoms with Crippen LogP contribution in [0.25, 0.3) is 0 Å². The quantitative estimate of drug-likeness (QED) is 0.890. The molecule has 2 aromatic rings. The lowest BCUT2D eigenvalue weighted by Gasteiger charge is -2.28. The van der Waals surface area contributed by atoms with Crippen molar-refractivity contribution in [2.45, 2.75) is 37.6 Å². The van der Waals surface area contributed by atoms with E-state index in [2.05, 4.69) is 41.8 Å². The molecule has 1 aromatic heterocycles. The number of hydrogen-bond donors (Lipinski definition) is 1. The number of fused-ring (bicyclic) bond motifs is 1. The molecule has 2 atom stereocenters. The largest absolute Gasteiger partial charge is 0.327 e. The van der Waals surface area contributed by atoms with Crippen LogP contribution in [0.4, 0.5) is 0 Å². The Morgan fingerprint density at radius 1 is 1.22 bits per heavy atom. The van der Waals surface area contributed by atoms with Gasteiger partial charge >= 0.3 is 0 Å². The van der Waals surface area contributed by atoms with Gasteiger partial charge in [-0.15, -0.1) is 11.3 Å². The Morgan fingerprint density at radius 2 is 2.06 bits per heavy atom. The Hall–Kier alpha value is -1.12. The summed E-state index contributed by atoms with van der Waals surface area (Å²) in [4.78, 5) is 1.56. The van der Waals surface area contributed by atoms with Crippen LogP contribution in [0.3, 0.4) is 0 Å². The van der Waals surface area contributed by atoms with Crippen molar-refractivity contribution in [2.24, 2.45) is 5.73 Å². The van der Waals surface area contributed by atoms with Gasteiger partial charge in [-0.2, -0.15) is 0 Å². The highest BCUT2D eigenvalue weighted by molar-refractivity contribution is 7.10. The van der Waals surface area contributed by atoms with E-state index in [-0.39, 0.29) is 6.04 Å². The third-order valence-electron chi connectivity index (χ3n) is 3.93. The van der Waals surface area contributed by atoms with Crippen molar-refractivity contribution in [1.82, 2.24) is 0 Å². The van der Waals surface area contributed by atoms with E-state index in [1.165, 1.54) is 30.4 Å². The zero-order chi connectivity index (χ0) is 12.4. The molecule has 2 unspecified atom stereocenters. The monoisotopic (exact) mass is 257 g/mol. The molecule has 1 heterocycles. The second-order valence-corrected chi connectivity index (χ2v) is 6.15. The SMILES string of the molecule is NC(Cc1ccccc1)C1CCCc2sccc21. The van der Waals surface area contributed by atoms with Crippen LogP contribution in [0.5, 0.6) is 0 Å². The molecule has 2 heteroatoms. The highest BCUT2D eigenvalue weighted by Gasteiger charge is 2.26. The van der Waals surface area contributed by atoms with Gasteiger partial charge in [0, 0.05) is 16.8 Å². The van der Waals surface area contributed by atoms with E-state index in [1.807, 2.05) is 11.3 Å². The summed E-state index contributed by atoms with van der Waals surface area (Å²) < 4.78 is 0. The van der Waals surface area contributed by atoms with Crippen molar-refractivity contribution in [3.8, 4) is 0 Å². The van der Waals surface area contributed by atoms with Crippen LogP contribution in [0.2, 0.25) is 0 Å². The first-order valence-corrected chi connectivity index (χ1v) is 7.58. The number of nitrogens with two attached hydrogens (primary N) is 1. The molecule has 1 nitrogen and oxygen atoms in total. The van der Waals surface area contributed by atoms with Gasteiger partial charge in [-0.1, -0.05) is 30.3 Å². The van der Waals surface area contributed by atoms with E-state index in [0.717, 1.165) is 6.42 Å². The predicted octanol–water partition coefficient (Wildman–Crippen LogP) is 3.74. The maximum Gasteiger partial charge on any atom is 0.0149 e. The van der Waals surface area contributed by atoms with E-state index < -0.39 is 0 Å². The molecule has 0 amide bonds. The zero-order valence-corrected chi connectivity index (χ0v) is 11.3. The van der Waals surface area contributed by atoms with Gasteiger partial charge in [0.05, 0.1) is 0 Å². The number of aryl methyl sites for hydroxylation is 1. The number of hydrogen-bond acceptors (Lipinski definition) is 2. The van der Waals surface area contributed by atoms with Gasteiger partial charge in [-0.05, 0) is 48.3 Å². The average Bonchev–Trinajstić information content (AvgIpc) is 2.87. The first-order valence-electron chi connectivity index (χ1n) is 6.70. The van der Waals surface area contributed by atoms with Crippen LogP contribution in [-0.4, -0.2) is 6.04 Å². The van der Waals surface area contributed by atoms with Crippen molar-refractivity contribution < 1.29 is 0 Å². The Bertz CT molecular complexity index is 503. The lowest BCUT2D eigenvalue weighted by atomic mass is 9.81. The molecule has 94 valence electrons. The van der Waals surface area contributed by atoms with E-state index >= 15 is 0 Å². The van der Waals surface area contributed by atoms with Crippen LogP contribution < -0.4 is 5.73 Å². The van der Waals surface area contributed by atoms with E-state index in [0.29, 0.717) is 5.92 Å². The molecule has 0 bridgehead atoms. The van der Waals surface area contributed by atoms with Gasteiger partial charge in [0.1, 0.15) is 0 Å². The maximum atomic E-state index is 6.46. The first-order chi connectivity index (χ1) is 8.84. The molecule has 0 aliphatic heterocycles. The fourth-order valence-electron chi connectivity index (χ4n) is 3.00. The number of rotatable bonds is 3. The molecule has 0 spiro atoms. The third kappa shape index (κ3) is 2.36. The molecule has 1 aliphatic rings. The average molecular weight is 257 g/mol. The smallest absolute Gasteiger partial charge is 0.0149 e. The van der Waals surface area contributed by atoms with Crippen molar-refractivity contribution in [2.75, 3.05) is 0 Å². The summed E-state index contributed by atoms with van der Waals surface area (Å²) in [6, 6.07) is 13.1. The summed E-state index contributed by atoms with van der Waals surface area (Å²) in [5, 5.41) is 2.22. The fraction of sp³-hybridized carbons (Fsp3) is 0.375. The molecule has 1 aromatic carbocycles. The Kier molecular flexibility index (Phi) is 3.48. The number of thiophene rings is 1. The molecule has 0 saturated carbocycles. The molecule has 1 aliphatic carbocycles. The normalized spacial score (nSPS) is 20.4. The summed E-state index contributed by atoms with van der Waals surface area (Å²) in [7, 11) is 0. The van der Waals surface area contributed by atoms with Gasteiger partial charge < -0.3 is 5.73 Å². The standard InChI is InChI=1S/C16H19NS/c17-15(11-12-5-2-1-3-6-12)13-7-4-8-16-14(13)9-10-18-16/h1-3,5-6,9-10,13,15H,4,7-8,11,17H2. The topological polar surface area (TPSA) is 26.0 Å². The van der Waals surface area contributed by atoms with E-state index in [1.54, 1.807) is 4.88 Å². The lowest BCUT2D eigenvalue weighted by Crippen LogP contribution is -2.32. The summed E-state index contributed by atoms with van der Waals surface area (Å²) in [5.41, 5.74) is 9.34. The van der Waals surface area contributed by atoms with Gasteiger partial charge in [0.15, 0.2) is 0 Å². The molecular weight excluding hydrogens is 238 g/mol. The van der Waals surface area contributed by atoms with Crippen molar-refractivity contribution in [3.63, 3.8) is 0 Å². The minimum Gasteiger partial charge on any atom is -0.327 e. The highest BCUT2D eigenvalue weighted by atomic mass is 32.1. The van der Waals surface area contributed by atoms with Gasteiger partial charge in [0.25, 0.3) is 0 Å². The molecule has 18 heavy (non-hydrogen) atoms. The van der Waals surface area contributed by atoms with E-state index in [4.69, 9.17) is 5.73 Å². The second-order valence-electron chi connectivity index (χ2n) is 5.15. The predicted molar refractivity (Wildman–Crippen MR) is 78.1 cm³/mol.